The number of thiophene rings is 1. The summed E-state index contributed by atoms with van der Waals surface area (Å²) in [6.07, 6.45) is 2.36. The average Bonchev–Trinajstić information content (AvgIpc) is 3.66. The van der Waals surface area contributed by atoms with Gasteiger partial charge in [-0.05, 0) is 54.6 Å². The highest BCUT2D eigenvalue weighted by Gasteiger charge is 2.40. The summed E-state index contributed by atoms with van der Waals surface area (Å²) in [7, 11) is 0. The van der Waals surface area contributed by atoms with Gasteiger partial charge >= 0.3 is 0 Å². The number of carbonyl (C=O) groups excluding carboxylic acids is 2. The first-order chi connectivity index (χ1) is 17.9. The Morgan fingerprint density at radius 1 is 1.08 bits per heavy atom. The summed E-state index contributed by atoms with van der Waals surface area (Å²) in [6.45, 7) is 2.08. The molecule has 0 radical (unpaired) electrons. The average molecular weight is 519 g/mol. The van der Waals surface area contributed by atoms with Crippen LogP contribution in [-0.2, 0) is 20.7 Å². The van der Waals surface area contributed by atoms with Crippen molar-refractivity contribution < 1.29 is 23.1 Å². The third kappa shape index (κ3) is 4.28. The van der Waals surface area contributed by atoms with E-state index in [1.807, 2.05) is 29.0 Å². The van der Waals surface area contributed by atoms with E-state index in [1.54, 1.807) is 24.1 Å². The van der Waals surface area contributed by atoms with Crippen molar-refractivity contribution in [1.29, 1.82) is 0 Å². The summed E-state index contributed by atoms with van der Waals surface area (Å²) in [5.74, 6) is -2.35. The molecule has 186 valence electrons. The lowest BCUT2D eigenvalue weighted by Crippen LogP contribution is -2.32. The summed E-state index contributed by atoms with van der Waals surface area (Å²) in [5.41, 5.74) is 3.38. The Morgan fingerprint density at radius 2 is 1.95 bits per heavy atom. The standard InChI is InChI=1S/C27H20F2N4O3S/c1-15-26(35)32(8-6-16-2-5-23-18(10-16)11-24(34)30-23)27(36-15)20-13-33(19-3-4-21(28)22(29)12-19)31-25(20)17-7-9-37-14-17/h2-5,7,9-15,27H,6,8H2,1H3/t15-,27-/m0/s1. The second-order valence-corrected chi connectivity index (χ2v) is 9.67. The van der Waals surface area contributed by atoms with Crippen molar-refractivity contribution in [3.8, 4) is 16.9 Å². The molecule has 2 aliphatic rings. The number of ether oxygens (including phenoxy) is 1. The molecule has 2 aromatic heterocycles. The maximum absolute atomic E-state index is 14.0. The highest BCUT2D eigenvalue weighted by molar-refractivity contribution is 7.08. The van der Waals surface area contributed by atoms with Crippen molar-refractivity contribution in [3.05, 3.63) is 92.8 Å². The van der Waals surface area contributed by atoms with Crippen LogP contribution in [0.15, 0.2) is 64.4 Å². The Balaban J connectivity index is 1.35. The second kappa shape index (κ2) is 9.13. The van der Waals surface area contributed by atoms with E-state index in [0.29, 0.717) is 35.3 Å². The van der Waals surface area contributed by atoms with Crippen LogP contribution in [0.3, 0.4) is 0 Å². The van der Waals surface area contributed by atoms with Gasteiger partial charge in [0.1, 0.15) is 11.8 Å². The van der Waals surface area contributed by atoms with Gasteiger partial charge in [0.2, 0.25) is 0 Å². The highest BCUT2D eigenvalue weighted by Crippen LogP contribution is 2.38. The highest BCUT2D eigenvalue weighted by atomic mass is 32.1. The number of carbonyl (C=O) groups is 2. The maximum Gasteiger partial charge on any atom is 0.270 e. The van der Waals surface area contributed by atoms with Crippen molar-refractivity contribution in [2.75, 3.05) is 6.54 Å². The Hall–Kier alpha value is -4.02. The van der Waals surface area contributed by atoms with Crippen LogP contribution in [0.2, 0.25) is 0 Å². The van der Waals surface area contributed by atoms with Gasteiger partial charge < -0.3 is 9.64 Å². The molecule has 0 saturated carbocycles. The van der Waals surface area contributed by atoms with Crippen LogP contribution in [-0.4, -0.2) is 39.1 Å². The molecule has 0 aliphatic carbocycles. The van der Waals surface area contributed by atoms with Gasteiger partial charge in [-0.1, -0.05) is 6.07 Å². The van der Waals surface area contributed by atoms with Gasteiger partial charge in [0.05, 0.1) is 11.0 Å². The Labute approximate surface area is 213 Å². The largest absolute Gasteiger partial charge is 0.341 e. The molecule has 2 aromatic carbocycles. The number of hydrogen-bond donors (Lipinski definition) is 0. The molecular weight excluding hydrogens is 498 g/mol. The molecule has 10 heteroatoms. The predicted molar refractivity (Wildman–Crippen MR) is 132 cm³/mol. The minimum Gasteiger partial charge on any atom is -0.341 e. The van der Waals surface area contributed by atoms with Gasteiger partial charge in [-0.3, -0.25) is 9.59 Å². The van der Waals surface area contributed by atoms with Crippen molar-refractivity contribution in [2.24, 2.45) is 4.99 Å². The number of nitrogens with zero attached hydrogens (tertiary/aromatic N) is 4. The zero-order chi connectivity index (χ0) is 25.7. The van der Waals surface area contributed by atoms with E-state index in [1.165, 1.54) is 28.2 Å². The monoisotopic (exact) mass is 518 g/mol. The van der Waals surface area contributed by atoms with Gasteiger partial charge in [0.15, 0.2) is 17.9 Å². The van der Waals surface area contributed by atoms with E-state index in [0.717, 1.165) is 28.5 Å². The lowest BCUT2D eigenvalue weighted by atomic mass is 10.1. The van der Waals surface area contributed by atoms with Crippen LogP contribution in [0.4, 0.5) is 8.78 Å². The van der Waals surface area contributed by atoms with Crippen LogP contribution >= 0.6 is 11.3 Å². The molecule has 2 amide bonds. The zero-order valence-corrected chi connectivity index (χ0v) is 20.4. The minimum atomic E-state index is -0.977. The van der Waals surface area contributed by atoms with Crippen LogP contribution in [0, 0.1) is 11.6 Å². The fraction of sp³-hybridized carbons (Fsp3) is 0.185. The van der Waals surface area contributed by atoms with E-state index in [-0.39, 0.29) is 11.8 Å². The maximum atomic E-state index is 14.0. The minimum absolute atomic E-state index is 0.153. The number of benzene rings is 2. The second-order valence-electron chi connectivity index (χ2n) is 8.89. The fourth-order valence-corrected chi connectivity index (χ4v) is 5.25. The SMILES string of the molecule is C[C@@H]1O[C@@H](c2cn(-c3ccc(F)c(F)c3)nc2-c2ccsc2)N(CCc2ccc3c(c2)=CC(=O)N=3)C1=O. The molecule has 4 aromatic rings. The molecule has 7 nitrogen and oxygen atoms in total. The van der Waals surface area contributed by atoms with Crippen LogP contribution in [0.1, 0.15) is 24.3 Å². The van der Waals surface area contributed by atoms with Crippen LogP contribution < -0.4 is 10.6 Å². The molecule has 2 atom stereocenters. The lowest BCUT2D eigenvalue weighted by molar-refractivity contribution is -0.130. The van der Waals surface area contributed by atoms with Gasteiger partial charge in [-0.2, -0.15) is 16.4 Å². The first-order valence-electron chi connectivity index (χ1n) is 11.6. The first-order valence-corrected chi connectivity index (χ1v) is 12.6. The number of halogens is 2. The van der Waals surface area contributed by atoms with Crippen LogP contribution in [0.5, 0.6) is 0 Å². The quantitative estimate of drug-likeness (QED) is 0.393. The Bertz CT molecular complexity index is 1670. The molecule has 2 aliphatic heterocycles. The Morgan fingerprint density at radius 3 is 2.73 bits per heavy atom. The number of hydrogen-bond acceptors (Lipinski definition) is 5. The van der Waals surface area contributed by atoms with Crippen molar-refractivity contribution in [1.82, 2.24) is 14.7 Å². The molecule has 0 N–H and O–H groups in total. The number of amides is 2. The lowest BCUT2D eigenvalue weighted by Gasteiger charge is -2.23. The number of rotatable bonds is 6. The van der Waals surface area contributed by atoms with Crippen molar-refractivity contribution in [2.45, 2.75) is 25.7 Å². The normalized spacial score (nSPS) is 18.7. The van der Waals surface area contributed by atoms with E-state index < -0.39 is 24.0 Å². The first kappa shape index (κ1) is 23.4. The molecule has 6 rings (SSSR count). The van der Waals surface area contributed by atoms with Gasteiger partial charge in [0, 0.05) is 46.6 Å². The summed E-state index contributed by atoms with van der Waals surface area (Å²) in [4.78, 5) is 30.3. The van der Waals surface area contributed by atoms with Gasteiger partial charge in [-0.25, -0.2) is 18.5 Å². The summed E-state index contributed by atoms with van der Waals surface area (Å²) in [6, 6.07) is 11.1. The van der Waals surface area contributed by atoms with Crippen molar-refractivity contribution >= 4 is 29.2 Å². The number of aromatic nitrogens is 2. The predicted octanol–water partition coefficient (Wildman–Crippen LogP) is 3.31. The molecule has 0 spiro atoms. The smallest absolute Gasteiger partial charge is 0.270 e. The third-order valence-corrected chi connectivity index (χ3v) is 7.14. The zero-order valence-electron chi connectivity index (χ0n) is 19.6. The molecule has 1 saturated heterocycles. The van der Waals surface area contributed by atoms with Crippen molar-refractivity contribution in [3.63, 3.8) is 0 Å². The van der Waals surface area contributed by atoms with Gasteiger partial charge in [-0.15, -0.1) is 0 Å². The molecule has 1 fully saturated rings. The van der Waals surface area contributed by atoms with E-state index in [4.69, 9.17) is 4.74 Å². The molecular formula is C27H20F2N4O3S. The molecule has 37 heavy (non-hydrogen) atoms. The fourth-order valence-electron chi connectivity index (χ4n) is 4.60. The Kier molecular flexibility index (Phi) is 5.77. The summed E-state index contributed by atoms with van der Waals surface area (Å²) >= 11 is 1.50. The van der Waals surface area contributed by atoms with E-state index in [2.05, 4.69) is 10.1 Å². The topological polar surface area (TPSA) is 76.8 Å². The molecule has 0 unspecified atom stereocenters. The number of fused-ring (bicyclic) bond motifs is 1. The summed E-state index contributed by atoms with van der Waals surface area (Å²) in [5, 5.41) is 9.91. The van der Waals surface area contributed by atoms with E-state index >= 15 is 0 Å². The third-order valence-electron chi connectivity index (χ3n) is 6.46. The van der Waals surface area contributed by atoms with E-state index in [9.17, 15) is 18.4 Å². The van der Waals surface area contributed by atoms with Crippen LogP contribution in [0.25, 0.3) is 23.0 Å². The molecule has 0 bridgehead atoms. The molecule has 4 heterocycles. The van der Waals surface area contributed by atoms with Gasteiger partial charge in [0.25, 0.3) is 11.8 Å². The summed E-state index contributed by atoms with van der Waals surface area (Å²) < 4.78 is 35.1.